The molecule has 2 aromatic heterocycles. The van der Waals surface area contributed by atoms with Gasteiger partial charge in [-0.3, -0.25) is 18.6 Å². The molecular weight excluding hydrogens is 372 g/mol. The van der Waals surface area contributed by atoms with Gasteiger partial charge in [-0.2, -0.15) is 0 Å². The Morgan fingerprint density at radius 3 is 2.21 bits per heavy atom. The third-order valence-corrected chi connectivity index (χ3v) is 5.67. The van der Waals surface area contributed by atoms with Crippen LogP contribution in [-0.2, 0) is 13.0 Å². The number of hydrogen-bond donors (Lipinski definition) is 0. The van der Waals surface area contributed by atoms with Gasteiger partial charge in [-0.25, -0.2) is 4.79 Å². The molecule has 4 rings (SSSR count). The van der Waals surface area contributed by atoms with Gasteiger partial charge in [0.25, 0.3) is 5.56 Å². The number of fused-ring (bicyclic) bond motifs is 1. The number of hydrogen-bond acceptors (Lipinski definition) is 4. The van der Waals surface area contributed by atoms with Crippen LogP contribution in [0.25, 0.3) is 4.83 Å². The van der Waals surface area contributed by atoms with Gasteiger partial charge in [0.05, 0.1) is 11.4 Å². The van der Waals surface area contributed by atoms with Crippen LogP contribution < -0.4 is 11.2 Å². The molecule has 0 atom stereocenters. The molecule has 0 fully saturated rings. The molecule has 0 amide bonds. The van der Waals surface area contributed by atoms with Crippen molar-refractivity contribution in [2.45, 2.75) is 19.4 Å². The maximum Gasteiger partial charge on any atom is 0.336 e. The fraction of sp³-hybridized carbons (Fsp3) is 0.136. The molecular formula is C22H18N2O3S. The van der Waals surface area contributed by atoms with Crippen molar-refractivity contribution in [3.63, 3.8) is 0 Å². The number of nitrogens with zero attached hydrogens (tertiary/aromatic N) is 2. The van der Waals surface area contributed by atoms with E-state index >= 15 is 0 Å². The standard InChI is InChI=1S/C22H18N2O3S/c25-18(12-11-16-7-3-1-4-8-16)19-15-24-21(28-19)13-20(26)23(22(24)27)14-17-9-5-2-6-10-17/h1-10,13,15H,11-12,14H2. The quantitative estimate of drug-likeness (QED) is 0.474. The van der Waals surface area contributed by atoms with Crippen molar-refractivity contribution in [3.05, 3.63) is 110 Å². The Hall–Kier alpha value is -3.25. The molecule has 2 heterocycles. The highest BCUT2D eigenvalue weighted by Gasteiger charge is 2.14. The van der Waals surface area contributed by atoms with Gasteiger partial charge < -0.3 is 0 Å². The summed E-state index contributed by atoms with van der Waals surface area (Å²) in [7, 11) is 0. The molecule has 0 saturated carbocycles. The third kappa shape index (κ3) is 3.73. The van der Waals surface area contributed by atoms with Crippen LogP contribution in [-0.4, -0.2) is 14.8 Å². The van der Waals surface area contributed by atoms with Gasteiger partial charge in [-0.1, -0.05) is 60.7 Å². The molecule has 2 aromatic carbocycles. The molecule has 0 unspecified atom stereocenters. The summed E-state index contributed by atoms with van der Waals surface area (Å²) in [5, 5.41) is 0. The van der Waals surface area contributed by atoms with Gasteiger partial charge in [0.15, 0.2) is 5.78 Å². The lowest BCUT2D eigenvalue weighted by Gasteiger charge is -2.05. The van der Waals surface area contributed by atoms with Crippen LogP contribution in [0.2, 0.25) is 0 Å². The Morgan fingerprint density at radius 1 is 0.893 bits per heavy atom. The molecule has 6 heteroatoms. The number of thiazole rings is 1. The van der Waals surface area contributed by atoms with Crippen LogP contribution in [0.4, 0.5) is 0 Å². The number of carbonyl (C=O) groups is 1. The second kappa shape index (κ2) is 7.78. The predicted octanol–water partition coefficient (Wildman–Crippen LogP) is 3.39. The number of aromatic nitrogens is 2. The molecule has 0 spiro atoms. The highest BCUT2D eigenvalue weighted by molar-refractivity contribution is 7.19. The second-order valence-corrected chi connectivity index (χ2v) is 7.61. The molecule has 0 radical (unpaired) electrons. The second-order valence-electron chi connectivity index (χ2n) is 6.55. The minimum absolute atomic E-state index is 0.0287. The van der Waals surface area contributed by atoms with Crippen molar-refractivity contribution in [1.29, 1.82) is 0 Å². The van der Waals surface area contributed by atoms with Crippen molar-refractivity contribution in [2.24, 2.45) is 0 Å². The first-order valence-electron chi connectivity index (χ1n) is 8.99. The number of Topliss-reactive ketones (excluding diaryl/α,β-unsaturated/α-hetero) is 1. The van der Waals surface area contributed by atoms with Crippen molar-refractivity contribution < 1.29 is 4.79 Å². The first kappa shape index (κ1) is 18.1. The van der Waals surface area contributed by atoms with Gasteiger partial charge in [0.1, 0.15) is 4.83 Å². The van der Waals surface area contributed by atoms with Crippen molar-refractivity contribution in [2.75, 3.05) is 0 Å². The van der Waals surface area contributed by atoms with Crippen LogP contribution in [0, 0.1) is 0 Å². The lowest BCUT2D eigenvalue weighted by molar-refractivity contribution is 0.0986. The van der Waals surface area contributed by atoms with E-state index in [2.05, 4.69) is 0 Å². The van der Waals surface area contributed by atoms with Crippen LogP contribution in [0.3, 0.4) is 0 Å². The molecule has 140 valence electrons. The monoisotopic (exact) mass is 390 g/mol. The maximum absolute atomic E-state index is 12.8. The summed E-state index contributed by atoms with van der Waals surface area (Å²) < 4.78 is 2.58. The Bertz CT molecular complexity index is 1240. The van der Waals surface area contributed by atoms with E-state index in [1.165, 1.54) is 26.4 Å². The lowest BCUT2D eigenvalue weighted by Crippen LogP contribution is -2.36. The Labute approximate surface area is 165 Å². The first-order chi connectivity index (χ1) is 13.6. The SMILES string of the molecule is O=C(CCc1ccccc1)c1cn2c(=O)n(Cc3ccccc3)c(=O)cc2s1. The highest BCUT2D eigenvalue weighted by Crippen LogP contribution is 2.18. The zero-order valence-corrected chi connectivity index (χ0v) is 15.9. The van der Waals surface area contributed by atoms with Crippen molar-refractivity contribution in [1.82, 2.24) is 8.97 Å². The van der Waals surface area contributed by atoms with Crippen LogP contribution in [0.1, 0.15) is 27.2 Å². The van der Waals surface area contributed by atoms with Gasteiger partial charge in [-0.05, 0) is 17.5 Å². The van der Waals surface area contributed by atoms with E-state index in [-0.39, 0.29) is 17.9 Å². The highest BCUT2D eigenvalue weighted by atomic mass is 32.1. The van der Waals surface area contributed by atoms with E-state index in [0.29, 0.717) is 22.5 Å². The fourth-order valence-electron chi connectivity index (χ4n) is 3.09. The first-order valence-corrected chi connectivity index (χ1v) is 9.80. The number of ketones is 1. The minimum atomic E-state index is -0.426. The molecule has 0 bridgehead atoms. The number of rotatable bonds is 6. The predicted molar refractivity (Wildman–Crippen MR) is 110 cm³/mol. The topological polar surface area (TPSA) is 60.5 Å². The molecule has 0 N–H and O–H groups in total. The van der Waals surface area contributed by atoms with Gasteiger partial charge in [0.2, 0.25) is 0 Å². The summed E-state index contributed by atoms with van der Waals surface area (Å²) in [4.78, 5) is 38.8. The van der Waals surface area contributed by atoms with E-state index in [0.717, 1.165) is 11.1 Å². The number of benzene rings is 2. The van der Waals surface area contributed by atoms with Crippen molar-refractivity contribution >= 4 is 22.0 Å². The van der Waals surface area contributed by atoms with Crippen LogP contribution in [0.15, 0.2) is 82.5 Å². The molecule has 0 saturated heterocycles. The summed E-state index contributed by atoms with van der Waals surface area (Å²) in [6, 6.07) is 20.6. The Morgan fingerprint density at radius 2 is 1.54 bits per heavy atom. The van der Waals surface area contributed by atoms with Gasteiger partial charge >= 0.3 is 5.69 Å². The largest absolute Gasteiger partial charge is 0.336 e. The smallest absolute Gasteiger partial charge is 0.293 e. The van der Waals surface area contributed by atoms with Crippen LogP contribution in [0.5, 0.6) is 0 Å². The summed E-state index contributed by atoms with van der Waals surface area (Å²) in [5.41, 5.74) is 1.18. The number of carbonyl (C=O) groups excluding carboxylic acids is 1. The Kier molecular flexibility index (Phi) is 5.04. The van der Waals surface area contributed by atoms with E-state index in [9.17, 15) is 14.4 Å². The summed E-state index contributed by atoms with van der Waals surface area (Å²) in [6.45, 7) is 0.203. The van der Waals surface area contributed by atoms with Crippen molar-refractivity contribution in [3.8, 4) is 0 Å². The van der Waals surface area contributed by atoms with E-state index in [1.54, 1.807) is 6.20 Å². The van der Waals surface area contributed by atoms with Gasteiger partial charge in [-0.15, -0.1) is 11.3 Å². The Balaban J connectivity index is 1.62. The zero-order chi connectivity index (χ0) is 19.5. The van der Waals surface area contributed by atoms with Gasteiger partial charge in [0, 0.05) is 18.7 Å². The number of aryl methyl sites for hydroxylation is 1. The van der Waals surface area contributed by atoms with E-state index < -0.39 is 5.69 Å². The summed E-state index contributed by atoms with van der Waals surface area (Å²) in [6.07, 6.45) is 2.56. The molecule has 0 aliphatic heterocycles. The normalized spacial score (nSPS) is 11.0. The molecule has 0 aliphatic rings. The van der Waals surface area contributed by atoms with E-state index in [4.69, 9.17) is 0 Å². The molecule has 5 nitrogen and oxygen atoms in total. The zero-order valence-electron chi connectivity index (χ0n) is 15.1. The van der Waals surface area contributed by atoms with E-state index in [1.807, 2.05) is 60.7 Å². The summed E-state index contributed by atoms with van der Waals surface area (Å²) in [5.74, 6) is -0.0287. The minimum Gasteiger partial charge on any atom is -0.293 e. The average Bonchev–Trinajstić information content (AvgIpc) is 3.15. The van der Waals surface area contributed by atoms with Crippen LogP contribution >= 0.6 is 11.3 Å². The molecule has 28 heavy (non-hydrogen) atoms. The maximum atomic E-state index is 12.8. The third-order valence-electron chi connectivity index (χ3n) is 4.59. The molecule has 0 aliphatic carbocycles. The lowest BCUT2D eigenvalue weighted by atomic mass is 10.1. The average molecular weight is 390 g/mol. The summed E-state index contributed by atoms with van der Waals surface area (Å²) >= 11 is 1.18. The molecule has 4 aromatic rings. The fourth-order valence-corrected chi connectivity index (χ4v) is 4.08.